The van der Waals surface area contributed by atoms with Crippen LogP contribution in [-0.4, -0.2) is 14.8 Å². The second kappa shape index (κ2) is 3.58. The quantitative estimate of drug-likeness (QED) is 0.813. The molecule has 0 saturated heterocycles. The lowest BCUT2D eigenvalue weighted by atomic mass is 9.92. The van der Waals surface area contributed by atoms with Crippen molar-refractivity contribution < 1.29 is 0 Å². The molecule has 1 heterocycles. The summed E-state index contributed by atoms with van der Waals surface area (Å²) in [6, 6.07) is 8.21. The molecule has 88 valence electrons. The molecule has 0 radical (unpaired) electrons. The highest BCUT2D eigenvalue weighted by Gasteiger charge is 2.45. The van der Waals surface area contributed by atoms with Crippen LogP contribution in [0.2, 0.25) is 0 Å². The molecule has 3 rings (SSSR count). The van der Waals surface area contributed by atoms with Gasteiger partial charge in [0.15, 0.2) is 0 Å². The van der Waals surface area contributed by atoms with Gasteiger partial charge in [-0.3, -0.25) is 0 Å². The Morgan fingerprint density at radius 1 is 1.41 bits per heavy atom. The third kappa shape index (κ3) is 1.79. The molecule has 1 aliphatic rings. The van der Waals surface area contributed by atoms with E-state index in [9.17, 15) is 0 Å². The fourth-order valence-corrected chi connectivity index (χ4v) is 2.36. The highest BCUT2D eigenvalue weighted by atomic mass is 15.2. The van der Waals surface area contributed by atoms with Crippen LogP contribution in [0.3, 0.4) is 0 Å². The van der Waals surface area contributed by atoms with Gasteiger partial charge >= 0.3 is 0 Å². The van der Waals surface area contributed by atoms with Crippen molar-refractivity contribution in [3.05, 3.63) is 42.0 Å². The average molecular weight is 228 g/mol. The Morgan fingerprint density at radius 2 is 2.24 bits per heavy atom. The molecular weight excluding hydrogens is 212 g/mol. The molecule has 2 N–H and O–H groups in total. The van der Waals surface area contributed by atoms with E-state index in [1.165, 1.54) is 18.4 Å². The largest absolute Gasteiger partial charge is 0.399 e. The minimum atomic E-state index is 0.246. The highest BCUT2D eigenvalue weighted by Crippen LogP contribution is 2.50. The lowest BCUT2D eigenvalue weighted by molar-refractivity contribution is 0.630. The minimum Gasteiger partial charge on any atom is -0.399 e. The summed E-state index contributed by atoms with van der Waals surface area (Å²) in [4.78, 5) is 0. The third-order valence-electron chi connectivity index (χ3n) is 3.65. The summed E-state index contributed by atoms with van der Waals surface area (Å²) >= 11 is 0. The number of anilines is 1. The zero-order valence-corrected chi connectivity index (χ0v) is 9.93. The first-order chi connectivity index (χ1) is 8.20. The molecule has 1 aliphatic carbocycles. The molecule has 0 bridgehead atoms. The summed E-state index contributed by atoms with van der Waals surface area (Å²) in [5.74, 6) is 1.05. The van der Waals surface area contributed by atoms with Crippen LogP contribution in [0.4, 0.5) is 5.69 Å². The van der Waals surface area contributed by atoms with Gasteiger partial charge in [-0.25, -0.2) is 0 Å². The van der Waals surface area contributed by atoms with Gasteiger partial charge in [-0.1, -0.05) is 12.1 Å². The molecule has 1 saturated carbocycles. The van der Waals surface area contributed by atoms with Crippen molar-refractivity contribution in [1.82, 2.24) is 14.8 Å². The number of rotatable bonds is 3. The van der Waals surface area contributed by atoms with Gasteiger partial charge in [0.1, 0.15) is 12.2 Å². The molecule has 4 heteroatoms. The van der Waals surface area contributed by atoms with Crippen molar-refractivity contribution in [2.75, 3.05) is 5.73 Å². The fourth-order valence-electron chi connectivity index (χ4n) is 2.36. The van der Waals surface area contributed by atoms with Crippen LogP contribution in [0.25, 0.3) is 0 Å². The van der Waals surface area contributed by atoms with Gasteiger partial charge in [0.2, 0.25) is 0 Å². The van der Waals surface area contributed by atoms with E-state index in [0.29, 0.717) is 0 Å². The normalized spacial score (nSPS) is 17.0. The maximum Gasteiger partial charge on any atom is 0.133 e. The second-order valence-corrected chi connectivity index (χ2v) is 4.94. The van der Waals surface area contributed by atoms with Gasteiger partial charge in [-0.2, -0.15) is 0 Å². The maximum atomic E-state index is 5.85. The molecule has 0 aliphatic heterocycles. The van der Waals surface area contributed by atoms with Gasteiger partial charge < -0.3 is 10.3 Å². The molecule has 1 aromatic heterocycles. The van der Waals surface area contributed by atoms with E-state index in [1.54, 1.807) is 6.33 Å². The molecule has 2 aromatic rings. The van der Waals surface area contributed by atoms with Gasteiger partial charge in [0.25, 0.3) is 0 Å². The smallest absolute Gasteiger partial charge is 0.133 e. The van der Waals surface area contributed by atoms with Crippen LogP contribution in [0, 0.1) is 0 Å². The monoisotopic (exact) mass is 228 g/mol. The molecule has 4 nitrogen and oxygen atoms in total. The van der Waals surface area contributed by atoms with Gasteiger partial charge in [-0.15, -0.1) is 10.2 Å². The van der Waals surface area contributed by atoms with E-state index in [0.717, 1.165) is 17.9 Å². The van der Waals surface area contributed by atoms with Gasteiger partial charge in [0, 0.05) is 24.6 Å². The first-order valence-electron chi connectivity index (χ1n) is 5.89. The molecule has 0 amide bonds. The minimum absolute atomic E-state index is 0.246. The number of aryl methyl sites for hydroxylation is 1. The summed E-state index contributed by atoms with van der Waals surface area (Å²) < 4.78 is 1.99. The van der Waals surface area contributed by atoms with Crippen molar-refractivity contribution in [3.63, 3.8) is 0 Å². The average Bonchev–Trinajstić information content (AvgIpc) is 2.99. The van der Waals surface area contributed by atoms with Crippen LogP contribution in [0.1, 0.15) is 24.2 Å². The molecule has 0 atom stereocenters. The third-order valence-corrected chi connectivity index (χ3v) is 3.65. The Kier molecular flexibility index (Phi) is 2.18. The zero-order chi connectivity index (χ0) is 11.9. The fraction of sp³-hybridized carbons (Fsp3) is 0.385. The Balaban J connectivity index is 1.90. The molecular formula is C13H16N4. The molecule has 1 fully saturated rings. The zero-order valence-electron chi connectivity index (χ0n) is 9.93. The number of nitrogen functional groups attached to an aromatic ring is 1. The lowest BCUT2D eigenvalue weighted by Gasteiger charge is -2.15. The number of benzene rings is 1. The van der Waals surface area contributed by atoms with Crippen LogP contribution in [0.5, 0.6) is 0 Å². The first-order valence-corrected chi connectivity index (χ1v) is 5.89. The number of aromatic nitrogens is 3. The second-order valence-electron chi connectivity index (χ2n) is 4.94. The van der Waals surface area contributed by atoms with Crippen LogP contribution < -0.4 is 5.73 Å². The number of nitrogens with two attached hydrogens (primary N) is 1. The summed E-state index contributed by atoms with van der Waals surface area (Å²) in [7, 11) is 1.99. The van der Waals surface area contributed by atoms with Crippen LogP contribution in [-0.2, 0) is 18.9 Å². The van der Waals surface area contributed by atoms with E-state index in [-0.39, 0.29) is 5.41 Å². The molecule has 1 aromatic carbocycles. The highest BCUT2D eigenvalue weighted by molar-refractivity contribution is 5.45. The predicted molar refractivity (Wildman–Crippen MR) is 66.5 cm³/mol. The Bertz CT molecular complexity index is 540. The molecule has 17 heavy (non-hydrogen) atoms. The summed E-state index contributed by atoms with van der Waals surface area (Å²) in [5.41, 5.74) is 8.27. The molecule has 0 spiro atoms. The van der Waals surface area contributed by atoms with Crippen LogP contribution in [0.15, 0.2) is 30.6 Å². The van der Waals surface area contributed by atoms with Crippen LogP contribution >= 0.6 is 0 Å². The van der Waals surface area contributed by atoms with E-state index < -0.39 is 0 Å². The maximum absolute atomic E-state index is 5.85. The van der Waals surface area contributed by atoms with Crippen molar-refractivity contribution in [2.24, 2.45) is 7.05 Å². The SMILES string of the molecule is Cn1cnnc1CC1(c2cccc(N)c2)CC1. The van der Waals surface area contributed by atoms with Gasteiger partial charge in [-0.05, 0) is 30.5 Å². The summed E-state index contributed by atoms with van der Waals surface area (Å²) in [6.45, 7) is 0. The van der Waals surface area contributed by atoms with Crippen molar-refractivity contribution in [2.45, 2.75) is 24.7 Å². The van der Waals surface area contributed by atoms with E-state index >= 15 is 0 Å². The van der Waals surface area contributed by atoms with Crippen molar-refractivity contribution in [3.8, 4) is 0 Å². The standard InChI is InChI=1S/C13H16N4/c1-17-9-15-16-12(17)8-13(5-6-13)10-3-2-4-11(14)7-10/h2-4,7,9H,5-6,8,14H2,1H3. The number of nitrogens with zero attached hydrogens (tertiary/aromatic N) is 3. The summed E-state index contributed by atoms with van der Waals surface area (Å²) in [6.07, 6.45) is 5.13. The van der Waals surface area contributed by atoms with E-state index in [4.69, 9.17) is 5.73 Å². The first kappa shape index (κ1) is 10.3. The lowest BCUT2D eigenvalue weighted by Crippen LogP contribution is -2.14. The predicted octanol–water partition coefficient (Wildman–Crippen LogP) is 1.67. The number of hydrogen-bond donors (Lipinski definition) is 1. The van der Waals surface area contributed by atoms with Gasteiger partial charge in [0.05, 0.1) is 0 Å². The van der Waals surface area contributed by atoms with Crippen molar-refractivity contribution in [1.29, 1.82) is 0 Å². The Labute approximate surface area is 100 Å². The van der Waals surface area contributed by atoms with E-state index in [1.807, 2.05) is 23.7 Å². The Hall–Kier alpha value is -1.84. The van der Waals surface area contributed by atoms with Crippen molar-refractivity contribution >= 4 is 5.69 Å². The number of hydrogen-bond acceptors (Lipinski definition) is 3. The Morgan fingerprint density at radius 3 is 2.82 bits per heavy atom. The van der Waals surface area contributed by atoms with E-state index in [2.05, 4.69) is 22.3 Å². The molecule has 0 unspecified atom stereocenters. The summed E-state index contributed by atoms with van der Waals surface area (Å²) in [5, 5.41) is 8.10. The topological polar surface area (TPSA) is 56.7 Å².